The van der Waals surface area contributed by atoms with Crippen LogP contribution >= 0.6 is 35.0 Å². The highest BCUT2D eigenvalue weighted by Crippen LogP contribution is 2.40. The Hall–Kier alpha value is -3.24. The van der Waals surface area contributed by atoms with E-state index in [-0.39, 0.29) is 24.7 Å². The molecule has 0 aliphatic carbocycles. The number of benzene rings is 3. The van der Waals surface area contributed by atoms with Gasteiger partial charge in [0.1, 0.15) is 6.04 Å². The van der Waals surface area contributed by atoms with Crippen LogP contribution in [0.3, 0.4) is 0 Å². The van der Waals surface area contributed by atoms with E-state index in [2.05, 4.69) is 16.0 Å². The zero-order chi connectivity index (χ0) is 31.1. The molecule has 4 N–H and O–H groups in total. The molecule has 4 amide bonds. The summed E-state index contributed by atoms with van der Waals surface area (Å²) in [6, 6.07) is 19.7. The van der Waals surface area contributed by atoms with E-state index >= 15 is 0 Å². The Kier molecular flexibility index (Phi) is 11.0. The van der Waals surface area contributed by atoms with Gasteiger partial charge in [0.25, 0.3) is 5.91 Å². The number of aliphatic hydroxyl groups excluding tert-OH is 1. The topological polar surface area (TPSA) is 111 Å². The molecule has 0 radical (unpaired) electrons. The summed E-state index contributed by atoms with van der Waals surface area (Å²) >= 11 is 13.5. The molecular weight excluding hydrogens is 607 g/mol. The smallest absolute Gasteiger partial charge is 0.315 e. The summed E-state index contributed by atoms with van der Waals surface area (Å²) in [7, 11) is 0. The van der Waals surface area contributed by atoms with Crippen LogP contribution in [0.5, 0.6) is 0 Å². The van der Waals surface area contributed by atoms with E-state index in [1.165, 1.54) is 16.7 Å². The Balaban J connectivity index is 1.48. The number of nitrogens with zero attached hydrogens (tertiary/aromatic N) is 1. The Labute approximate surface area is 266 Å². The van der Waals surface area contributed by atoms with Gasteiger partial charge in [0.05, 0.1) is 22.0 Å². The molecule has 3 aromatic rings. The molecular formula is C32H36Cl2N4O4S. The molecule has 11 heteroatoms. The van der Waals surface area contributed by atoms with Crippen LogP contribution in [0.1, 0.15) is 36.1 Å². The van der Waals surface area contributed by atoms with Crippen molar-refractivity contribution in [3.8, 4) is 0 Å². The lowest BCUT2D eigenvalue weighted by atomic mass is 9.97. The van der Waals surface area contributed by atoms with Crippen LogP contribution in [-0.2, 0) is 29.1 Å². The summed E-state index contributed by atoms with van der Waals surface area (Å²) in [6.07, 6.45) is -1.40. The van der Waals surface area contributed by atoms with Crippen LogP contribution in [0.25, 0.3) is 0 Å². The van der Waals surface area contributed by atoms with Gasteiger partial charge in [-0.15, -0.1) is 11.8 Å². The molecule has 0 bridgehead atoms. The number of hydrogen-bond acceptors (Lipinski definition) is 5. The number of urea groups is 1. The molecule has 1 aliphatic rings. The van der Waals surface area contributed by atoms with Gasteiger partial charge in [-0.2, -0.15) is 0 Å². The van der Waals surface area contributed by atoms with Gasteiger partial charge in [0.15, 0.2) is 6.10 Å². The first-order valence-electron chi connectivity index (χ1n) is 13.9. The van der Waals surface area contributed by atoms with E-state index in [4.69, 9.17) is 23.2 Å². The van der Waals surface area contributed by atoms with Gasteiger partial charge in [0.2, 0.25) is 5.91 Å². The number of nitrogens with one attached hydrogen (secondary N) is 3. The van der Waals surface area contributed by atoms with Gasteiger partial charge < -0.3 is 26.0 Å². The van der Waals surface area contributed by atoms with Gasteiger partial charge in [-0.3, -0.25) is 9.59 Å². The Bertz CT molecular complexity index is 1460. The number of aryl methyl sites for hydroxylation is 1. The molecule has 4 rings (SSSR count). The highest BCUT2D eigenvalue weighted by atomic mass is 35.5. The molecule has 1 heterocycles. The molecule has 1 aliphatic heterocycles. The summed E-state index contributed by atoms with van der Waals surface area (Å²) in [6.45, 7) is 6.27. The summed E-state index contributed by atoms with van der Waals surface area (Å²) in [5, 5.41) is 20.7. The summed E-state index contributed by atoms with van der Waals surface area (Å²) in [5.74, 6) is -0.696. The monoisotopic (exact) mass is 642 g/mol. The minimum absolute atomic E-state index is 0.158. The lowest BCUT2D eigenvalue weighted by Gasteiger charge is -2.33. The van der Waals surface area contributed by atoms with E-state index in [1.54, 1.807) is 18.2 Å². The minimum atomic E-state index is -1.60. The summed E-state index contributed by atoms with van der Waals surface area (Å²) < 4.78 is -0.592. The van der Waals surface area contributed by atoms with Crippen LogP contribution in [-0.4, -0.2) is 56.7 Å². The van der Waals surface area contributed by atoms with E-state index in [1.807, 2.05) is 75.4 Å². The van der Waals surface area contributed by atoms with Crippen LogP contribution < -0.4 is 16.0 Å². The lowest BCUT2D eigenvalue weighted by Crippen LogP contribution is -2.59. The van der Waals surface area contributed by atoms with Crippen molar-refractivity contribution in [2.45, 2.75) is 63.2 Å². The van der Waals surface area contributed by atoms with Crippen molar-refractivity contribution in [3.05, 3.63) is 105 Å². The fraction of sp³-hybridized carbons (Fsp3) is 0.344. The molecule has 3 aromatic carbocycles. The fourth-order valence-electron chi connectivity index (χ4n) is 5.00. The zero-order valence-corrected chi connectivity index (χ0v) is 26.6. The molecule has 1 saturated heterocycles. The van der Waals surface area contributed by atoms with Gasteiger partial charge in [0, 0.05) is 17.8 Å². The Morgan fingerprint density at radius 1 is 0.953 bits per heavy atom. The predicted molar refractivity (Wildman–Crippen MR) is 172 cm³/mol. The Morgan fingerprint density at radius 3 is 2.35 bits per heavy atom. The quantitative estimate of drug-likeness (QED) is 0.247. The number of aliphatic hydroxyl groups is 1. The number of carbonyl (C=O) groups is 3. The molecule has 0 saturated carbocycles. The highest BCUT2D eigenvalue weighted by molar-refractivity contribution is 8.00. The fourth-order valence-corrected chi connectivity index (χ4v) is 6.46. The van der Waals surface area contributed by atoms with Gasteiger partial charge in [-0.1, -0.05) is 83.9 Å². The molecule has 43 heavy (non-hydrogen) atoms. The number of halogens is 2. The van der Waals surface area contributed by atoms with E-state index in [0.717, 1.165) is 22.3 Å². The standard InChI is InChI=1S/C32H36Cl2N4O4S/c1-20-9-7-8-12-23(20)18-35-29(40)28-32(2,3)43-19-38(28)30(41)27(39)26(16-21-10-5-4-6-11-21)37-31(42)36-17-22-13-14-24(33)25(34)15-22/h4-15,26-28,39H,16-19H2,1-3H3,(H,35,40)(H2,36,37,42). The maximum absolute atomic E-state index is 13.8. The SMILES string of the molecule is Cc1ccccc1CNC(=O)C1N(C(=O)C(O)C(Cc2ccccc2)NC(=O)NCc2ccc(Cl)c(Cl)c2)CSC1(C)C. The molecule has 3 unspecified atom stereocenters. The van der Waals surface area contributed by atoms with Crippen molar-refractivity contribution in [2.75, 3.05) is 5.88 Å². The van der Waals surface area contributed by atoms with Crippen molar-refractivity contribution in [2.24, 2.45) is 0 Å². The number of amides is 4. The molecule has 8 nitrogen and oxygen atoms in total. The summed E-state index contributed by atoms with van der Waals surface area (Å²) in [4.78, 5) is 41.7. The third-order valence-electron chi connectivity index (χ3n) is 7.48. The van der Waals surface area contributed by atoms with Crippen LogP contribution in [0.4, 0.5) is 4.79 Å². The second-order valence-electron chi connectivity index (χ2n) is 11.0. The molecule has 0 spiro atoms. The van der Waals surface area contributed by atoms with Crippen molar-refractivity contribution in [1.29, 1.82) is 0 Å². The first kappa shape index (κ1) is 32.7. The van der Waals surface area contributed by atoms with Crippen LogP contribution in [0.2, 0.25) is 10.0 Å². The van der Waals surface area contributed by atoms with E-state index < -0.39 is 34.9 Å². The average Bonchev–Trinajstić information content (AvgIpc) is 3.31. The molecule has 228 valence electrons. The van der Waals surface area contributed by atoms with E-state index in [9.17, 15) is 19.5 Å². The third-order valence-corrected chi connectivity index (χ3v) is 9.59. The highest BCUT2D eigenvalue weighted by Gasteiger charge is 2.49. The first-order chi connectivity index (χ1) is 20.5. The maximum Gasteiger partial charge on any atom is 0.315 e. The minimum Gasteiger partial charge on any atom is -0.381 e. The van der Waals surface area contributed by atoms with Crippen LogP contribution in [0.15, 0.2) is 72.8 Å². The van der Waals surface area contributed by atoms with E-state index in [0.29, 0.717) is 16.6 Å². The first-order valence-corrected chi connectivity index (χ1v) is 15.7. The lowest BCUT2D eigenvalue weighted by molar-refractivity contribution is -0.147. The van der Waals surface area contributed by atoms with Crippen molar-refractivity contribution in [1.82, 2.24) is 20.9 Å². The maximum atomic E-state index is 13.8. The number of thioether (sulfide) groups is 1. The molecule has 3 atom stereocenters. The summed E-state index contributed by atoms with van der Waals surface area (Å²) in [5.41, 5.74) is 3.60. The zero-order valence-electron chi connectivity index (χ0n) is 24.3. The second-order valence-corrected chi connectivity index (χ2v) is 13.5. The Morgan fingerprint density at radius 2 is 1.65 bits per heavy atom. The molecule has 1 fully saturated rings. The van der Waals surface area contributed by atoms with Gasteiger partial charge >= 0.3 is 6.03 Å². The largest absolute Gasteiger partial charge is 0.381 e. The average molecular weight is 644 g/mol. The normalized spacial score (nSPS) is 17.2. The molecule has 0 aromatic heterocycles. The predicted octanol–water partition coefficient (Wildman–Crippen LogP) is 5.07. The number of carbonyl (C=O) groups excluding carboxylic acids is 3. The van der Waals surface area contributed by atoms with Gasteiger partial charge in [-0.25, -0.2) is 4.79 Å². The van der Waals surface area contributed by atoms with Crippen molar-refractivity contribution >= 4 is 52.8 Å². The number of rotatable bonds is 10. The van der Waals surface area contributed by atoms with Crippen LogP contribution in [0, 0.1) is 6.92 Å². The van der Waals surface area contributed by atoms with Gasteiger partial charge in [-0.05, 0) is 61.6 Å². The third kappa shape index (κ3) is 8.44. The van der Waals surface area contributed by atoms with Crippen molar-refractivity contribution < 1.29 is 19.5 Å². The second kappa shape index (κ2) is 14.5. The number of hydrogen-bond donors (Lipinski definition) is 4. The van der Waals surface area contributed by atoms with Crippen molar-refractivity contribution in [3.63, 3.8) is 0 Å².